The first-order chi connectivity index (χ1) is 9.61. The normalized spacial score (nSPS) is 16.1. The molecule has 0 spiro atoms. The summed E-state index contributed by atoms with van der Waals surface area (Å²) in [5.41, 5.74) is 2.09. The molecule has 1 aliphatic carbocycles. The minimum Gasteiger partial charge on any atom is -0.392 e. The summed E-state index contributed by atoms with van der Waals surface area (Å²) in [6, 6.07) is 2.72. The van der Waals surface area contributed by atoms with Gasteiger partial charge in [0.25, 0.3) is 0 Å². The summed E-state index contributed by atoms with van der Waals surface area (Å²) in [6.45, 7) is 7.83. The lowest BCUT2D eigenvalue weighted by atomic mass is 10.1. The standard InChI is InChI=1S/C17H28N2O/c1-13(2)8-9-19(16-6-4-5-7-16)17-14(3)10-15(12-20)11-18-17/h10-11,13,16,20H,4-9,12H2,1-3H3. The number of hydrogen-bond donors (Lipinski definition) is 1. The van der Waals surface area contributed by atoms with Gasteiger partial charge in [-0.3, -0.25) is 0 Å². The lowest BCUT2D eigenvalue weighted by Gasteiger charge is -2.32. The maximum atomic E-state index is 9.23. The Labute approximate surface area is 123 Å². The van der Waals surface area contributed by atoms with Crippen molar-refractivity contribution >= 4 is 5.82 Å². The summed E-state index contributed by atoms with van der Waals surface area (Å²) in [5.74, 6) is 1.84. The summed E-state index contributed by atoms with van der Waals surface area (Å²) in [5, 5.41) is 9.23. The van der Waals surface area contributed by atoms with E-state index in [4.69, 9.17) is 0 Å². The van der Waals surface area contributed by atoms with E-state index in [1.165, 1.54) is 37.7 Å². The fraction of sp³-hybridized carbons (Fsp3) is 0.706. The third-order valence-corrected chi connectivity index (χ3v) is 4.27. The number of anilines is 1. The van der Waals surface area contributed by atoms with Crippen molar-refractivity contribution in [3.63, 3.8) is 0 Å². The van der Waals surface area contributed by atoms with Gasteiger partial charge in [0.1, 0.15) is 5.82 Å². The minimum absolute atomic E-state index is 0.0730. The van der Waals surface area contributed by atoms with Crippen LogP contribution in [0.2, 0.25) is 0 Å². The Kier molecular flexibility index (Phi) is 5.41. The molecule has 1 aliphatic rings. The van der Waals surface area contributed by atoms with Gasteiger partial charge in [0.05, 0.1) is 6.61 Å². The lowest BCUT2D eigenvalue weighted by molar-refractivity contribution is 0.281. The van der Waals surface area contributed by atoms with Crippen LogP contribution in [0.3, 0.4) is 0 Å². The van der Waals surface area contributed by atoms with Gasteiger partial charge in [-0.05, 0) is 49.3 Å². The van der Waals surface area contributed by atoms with Crippen molar-refractivity contribution in [2.24, 2.45) is 5.92 Å². The SMILES string of the molecule is Cc1cc(CO)cnc1N(CCC(C)C)C1CCCC1. The maximum Gasteiger partial charge on any atom is 0.131 e. The first-order valence-electron chi connectivity index (χ1n) is 7.95. The predicted octanol–water partition coefficient (Wildman–Crippen LogP) is 3.68. The second kappa shape index (κ2) is 7.07. The summed E-state index contributed by atoms with van der Waals surface area (Å²) in [4.78, 5) is 7.16. The van der Waals surface area contributed by atoms with Gasteiger partial charge in [0.2, 0.25) is 0 Å². The number of aromatic nitrogens is 1. The topological polar surface area (TPSA) is 36.4 Å². The summed E-state index contributed by atoms with van der Waals surface area (Å²) >= 11 is 0. The van der Waals surface area contributed by atoms with Gasteiger partial charge in [-0.1, -0.05) is 26.7 Å². The maximum absolute atomic E-state index is 9.23. The van der Waals surface area contributed by atoms with Crippen LogP contribution in [0.1, 0.15) is 57.1 Å². The average molecular weight is 276 g/mol. The molecule has 1 N–H and O–H groups in total. The Morgan fingerprint density at radius 2 is 2.05 bits per heavy atom. The van der Waals surface area contributed by atoms with Crippen LogP contribution in [-0.4, -0.2) is 22.7 Å². The van der Waals surface area contributed by atoms with Crippen molar-refractivity contribution < 1.29 is 5.11 Å². The van der Waals surface area contributed by atoms with Crippen molar-refractivity contribution in [3.8, 4) is 0 Å². The monoisotopic (exact) mass is 276 g/mol. The Bertz CT molecular complexity index is 425. The van der Waals surface area contributed by atoms with E-state index >= 15 is 0 Å². The number of nitrogens with zero attached hydrogens (tertiary/aromatic N) is 2. The fourth-order valence-corrected chi connectivity index (χ4v) is 3.09. The van der Waals surface area contributed by atoms with E-state index in [0.29, 0.717) is 6.04 Å². The molecule has 1 fully saturated rings. The number of aliphatic hydroxyl groups excluding tert-OH is 1. The van der Waals surface area contributed by atoms with E-state index < -0.39 is 0 Å². The summed E-state index contributed by atoms with van der Waals surface area (Å²) in [6.07, 6.45) is 8.30. The second-order valence-electron chi connectivity index (χ2n) is 6.46. The Morgan fingerprint density at radius 1 is 1.35 bits per heavy atom. The molecule has 20 heavy (non-hydrogen) atoms. The van der Waals surface area contributed by atoms with Crippen LogP contribution in [0.4, 0.5) is 5.82 Å². The molecule has 2 rings (SSSR count). The Hall–Kier alpha value is -1.09. The van der Waals surface area contributed by atoms with Gasteiger partial charge in [-0.2, -0.15) is 0 Å². The van der Waals surface area contributed by atoms with Crippen LogP contribution >= 0.6 is 0 Å². The van der Waals surface area contributed by atoms with Crippen LogP contribution in [0, 0.1) is 12.8 Å². The molecule has 0 unspecified atom stereocenters. The number of pyridine rings is 1. The van der Waals surface area contributed by atoms with Crippen LogP contribution in [0.15, 0.2) is 12.3 Å². The number of rotatable bonds is 6. The van der Waals surface area contributed by atoms with E-state index in [9.17, 15) is 5.11 Å². The first-order valence-corrected chi connectivity index (χ1v) is 7.95. The van der Waals surface area contributed by atoms with E-state index in [2.05, 4.69) is 36.7 Å². The molecule has 1 aromatic heterocycles. The van der Waals surface area contributed by atoms with Crippen molar-refractivity contribution in [1.82, 2.24) is 4.98 Å². The number of hydrogen-bond acceptors (Lipinski definition) is 3. The summed E-state index contributed by atoms with van der Waals surface area (Å²) < 4.78 is 0. The van der Waals surface area contributed by atoms with Crippen LogP contribution in [0.25, 0.3) is 0 Å². The Morgan fingerprint density at radius 3 is 2.60 bits per heavy atom. The largest absolute Gasteiger partial charge is 0.392 e. The third-order valence-electron chi connectivity index (χ3n) is 4.27. The molecule has 0 aromatic carbocycles. The fourth-order valence-electron chi connectivity index (χ4n) is 3.09. The number of aryl methyl sites for hydroxylation is 1. The van der Waals surface area contributed by atoms with E-state index in [1.54, 1.807) is 0 Å². The van der Waals surface area contributed by atoms with Gasteiger partial charge in [0.15, 0.2) is 0 Å². The molecule has 0 saturated heterocycles. The molecule has 0 amide bonds. The second-order valence-corrected chi connectivity index (χ2v) is 6.46. The number of aliphatic hydroxyl groups is 1. The highest BCUT2D eigenvalue weighted by atomic mass is 16.3. The summed E-state index contributed by atoms with van der Waals surface area (Å²) in [7, 11) is 0. The van der Waals surface area contributed by atoms with Gasteiger partial charge in [0, 0.05) is 18.8 Å². The highest BCUT2D eigenvalue weighted by molar-refractivity contribution is 5.48. The van der Waals surface area contributed by atoms with Crippen molar-refractivity contribution in [2.45, 2.75) is 65.5 Å². The molecule has 0 bridgehead atoms. The first kappa shape index (κ1) is 15.3. The molecule has 3 nitrogen and oxygen atoms in total. The highest BCUT2D eigenvalue weighted by Crippen LogP contribution is 2.29. The van der Waals surface area contributed by atoms with Gasteiger partial charge in [-0.25, -0.2) is 4.98 Å². The zero-order valence-corrected chi connectivity index (χ0v) is 13.1. The van der Waals surface area contributed by atoms with Gasteiger partial charge in [-0.15, -0.1) is 0 Å². The van der Waals surface area contributed by atoms with E-state index in [1.807, 2.05) is 6.20 Å². The molecule has 0 radical (unpaired) electrons. The molecule has 1 heterocycles. The highest BCUT2D eigenvalue weighted by Gasteiger charge is 2.24. The van der Waals surface area contributed by atoms with E-state index in [-0.39, 0.29) is 6.61 Å². The van der Waals surface area contributed by atoms with Crippen molar-refractivity contribution in [3.05, 3.63) is 23.4 Å². The molecule has 1 saturated carbocycles. The van der Waals surface area contributed by atoms with Crippen molar-refractivity contribution in [1.29, 1.82) is 0 Å². The predicted molar refractivity (Wildman–Crippen MR) is 84.0 cm³/mol. The molecule has 0 aliphatic heterocycles. The van der Waals surface area contributed by atoms with Gasteiger partial charge >= 0.3 is 0 Å². The van der Waals surface area contributed by atoms with Crippen LogP contribution in [0.5, 0.6) is 0 Å². The Balaban J connectivity index is 2.20. The molecular formula is C17H28N2O. The van der Waals surface area contributed by atoms with Crippen molar-refractivity contribution in [2.75, 3.05) is 11.4 Å². The quantitative estimate of drug-likeness (QED) is 0.861. The lowest BCUT2D eigenvalue weighted by Crippen LogP contribution is -2.36. The van der Waals surface area contributed by atoms with Crippen LogP contribution in [-0.2, 0) is 6.61 Å². The molecule has 0 atom stereocenters. The third kappa shape index (κ3) is 3.72. The minimum atomic E-state index is 0.0730. The zero-order chi connectivity index (χ0) is 14.5. The molecule has 112 valence electrons. The average Bonchev–Trinajstić information content (AvgIpc) is 2.94. The van der Waals surface area contributed by atoms with Crippen LogP contribution < -0.4 is 4.90 Å². The molecule has 3 heteroatoms. The molecular weight excluding hydrogens is 248 g/mol. The van der Waals surface area contributed by atoms with E-state index in [0.717, 1.165) is 23.8 Å². The molecule has 1 aromatic rings. The zero-order valence-electron chi connectivity index (χ0n) is 13.1. The smallest absolute Gasteiger partial charge is 0.131 e. The van der Waals surface area contributed by atoms with Gasteiger partial charge < -0.3 is 10.0 Å².